The minimum absolute atomic E-state index is 0.00732. The Kier molecular flexibility index (Phi) is 51.4. The Bertz CT molecular complexity index is 5750. The van der Waals surface area contributed by atoms with Gasteiger partial charge in [-0.15, -0.1) is 0 Å². The maximum Gasteiger partial charge on any atom is 0.326 e. The number of hydrogen-bond donors (Lipinski definition) is 34. The summed E-state index contributed by atoms with van der Waals surface area (Å²) in [5.41, 5.74) is 12.8. The summed E-state index contributed by atoms with van der Waals surface area (Å²) in [6.45, 7) is -6.25. The summed E-state index contributed by atoms with van der Waals surface area (Å²) in [7, 11) is 0. The highest BCUT2D eigenvalue weighted by Gasteiger charge is 2.40. The average Bonchev–Trinajstić information content (AvgIpc) is 0.810. The van der Waals surface area contributed by atoms with Gasteiger partial charge in [-0.05, 0) is 107 Å². The van der Waals surface area contributed by atoms with Crippen LogP contribution in [0.2, 0.25) is 0 Å². The summed E-state index contributed by atoms with van der Waals surface area (Å²) in [5, 5.41) is 231. The standard InChI is InChI=1S/C92H128N20O38/c93-80-72-81(110-91(94)109-80)101-33-50(103-72)15-6-42-4-7-43(8-5-42)57(117)32-48(88(145)146)14-25-66(126)96-28-2-1-3-55(89(147)148)107-86(143)47(13-24-69(129)100-38-62(122)76(136)79(139)65(125)41-115)31-59(119)54(21-27-71(132)133)106-85(142)46(12-23-68(128)99-37-61(121)75(135)78(138)64(124)40-114)30-58(118)53(20-26-70(130)131)105-84(141)45(11-22-67(127)98-36-60(120)74(134)77(137)63(123)39-113)29-52(116)18-19-56(90(149)150)108-83(140)44-9-16-49(17-10-44)97-34-51-35-102-82-73(104-51)87(144)112-92(95)111-82/h4-5,7-10,16-17,33,35,45-48,53-56,60-65,74-79,97,113-115,120-125,134-139H,1-3,6,11-15,18-32,34,36-41H2,(H,96,126)(H,98,127)(H,99,128)(H,100,129)(H,105,141)(H,106,142)(H,107,143)(H,108,140)(H,130,131)(H,132,133)(H,145,146)(H,147,148)(H,149,150)(H4,93,94,101,109,110)(H3,95,102,111,112,144)/t45-,46-,47-,48-,53+,54+,55+,56+,60+,61+,62+,63-,64-,65-,74-,75-,76-,77-,78-,79-/m1/s1. The van der Waals surface area contributed by atoms with Crippen LogP contribution in [-0.4, -0.2) is 386 Å². The van der Waals surface area contributed by atoms with Crippen LogP contribution in [-0.2, 0) is 91.3 Å². The van der Waals surface area contributed by atoms with Crippen LogP contribution >= 0.6 is 0 Å². The molecule has 0 bridgehead atoms. The SMILES string of the molecule is N=c1[nH]c(N)nc2ncc(CCc3ccc(C(=O)C[C@@H](CCC(=O)NCCCC[C@H](NC(=O)[C@H](CCC(=O)NC[C@H](O)[C@@H](O)[C@H](O)[C@H](O)CO)CC(=O)[C@H](CCC(=O)O)NC(=O)[C@H](CCC(=O)NC[C@H](O)[C@@H](O)[C@H](O)[C@H](O)CO)CC(=O)[C@H](CCC(=O)O)NC(=O)[C@H](CCC(=O)NC[C@H](O)[C@@H](O)[C@H](O)[C@H](O)CO)CC(=O)CC[C@H](NC(=O)c4ccc(NCc5cnc6nc(N)[nH]c(=O)c6n5)cc4)C(=O)O)C(=O)O)C(=O)O)cc3)nc12. The number of carbonyl (C=O) groups is 17. The molecule has 6 rings (SSSR count). The second-order valence-electron chi connectivity index (χ2n) is 35.6. The third-order valence-electron chi connectivity index (χ3n) is 24.1. The number of nitrogens with two attached hydrogens (primary N) is 2. The number of carboxylic acid groups (broad SMARTS) is 5. The van der Waals surface area contributed by atoms with Crippen LogP contribution < -0.4 is 70.4 Å². The van der Waals surface area contributed by atoms with Gasteiger partial charge in [-0.3, -0.25) is 87.1 Å². The van der Waals surface area contributed by atoms with Gasteiger partial charge in [0.2, 0.25) is 53.2 Å². The summed E-state index contributed by atoms with van der Waals surface area (Å²) < 4.78 is 0. The lowest BCUT2D eigenvalue weighted by molar-refractivity contribution is -0.143. The quantitative estimate of drug-likeness (QED) is 0.0125. The van der Waals surface area contributed by atoms with E-state index >= 15 is 9.59 Å². The number of unbranched alkanes of at least 4 members (excludes halogenated alkanes) is 1. The maximum atomic E-state index is 15.1. The number of amides is 8. The number of aliphatic hydroxyl groups is 15. The van der Waals surface area contributed by atoms with Gasteiger partial charge in [0.25, 0.3) is 11.5 Å². The van der Waals surface area contributed by atoms with Gasteiger partial charge < -0.3 is 166 Å². The zero-order chi connectivity index (χ0) is 111. The van der Waals surface area contributed by atoms with Gasteiger partial charge in [-0.2, -0.15) is 9.97 Å². The Hall–Kier alpha value is -14.5. The van der Waals surface area contributed by atoms with E-state index in [9.17, 15) is 179 Å². The fourth-order valence-electron chi connectivity index (χ4n) is 15.1. The van der Waals surface area contributed by atoms with Crippen LogP contribution in [0.3, 0.4) is 0 Å². The molecule has 20 atom stereocenters. The first-order valence-corrected chi connectivity index (χ1v) is 47.4. The summed E-state index contributed by atoms with van der Waals surface area (Å²) in [4.78, 5) is 274. The number of Topliss-reactive ketones (excluding diaryl/α,β-unsaturated/α-hetero) is 4. The molecular weight excluding hydrogens is 1990 g/mol. The van der Waals surface area contributed by atoms with Crippen LogP contribution in [0.25, 0.3) is 22.3 Å². The van der Waals surface area contributed by atoms with Gasteiger partial charge >= 0.3 is 29.8 Å². The van der Waals surface area contributed by atoms with Crippen LogP contribution in [0, 0.1) is 29.1 Å². The topological polar surface area (TPSA) is 1000 Å². The fourth-order valence-corrected chi connectivity index (χ4v) is 15.1. The lowest BCUT2D eigenvalue weighted by Gasteiger charge is -2.26. The first kappa shape index (κ1) is 124. The van der Waals surface area contributed by atoms with Gasteiger partial charge in [0, 0.05) is 131 Å². The normalized spacial score (nSPS) is 15.5. The Balaban J connectivity index is 1.22. The van der Waals surface area contributed by atoms with E-state index < -0.39 is 382 Å². The molecule has 6 aromatic rings. The third kappa shape index (κ3) is 41.5. The summed E-state index contributed by atoms with van der Waals surface area (Å²) in [6.07, 6.45) is -37.4. The molecule has 0 aliphatic heterocycles. The highest BCUT2D eigenvalue weighted by Crippen LogP contribution is 2.26. The Labute approximate surface area is 851 Å². The number of aromatic amines is 2. The number of carboxylic acids is 5. The lowest BCUT2D eigenvalue weighted by atomic mass is 9.89. The molecule has 2 aromatic carbocycles. The summed E-state index contributed by atoms with van der Waals surface area (Å²) in [6, 6.07) is 3.80. The largest absolute Gasteiger partial charge is 0.481 e. The first-order valence-electron chi connectivity index (χ1n) is 47.4. The zero-order valence-corrected chi connectivity index (χ0v) is 80.9. The number of aliphatic carboxylic acids is 5. The van der Waals surface area contributed by atoms with Crippen LogP contribution in [0.1, 0.15) is 173 Å². The zero-order valence-electron chi connectivity index (χ0n) is 80.9. The van der Waals surface area contributed by atoms with E-state index in [-0.39, 0.29) is 88.9 Å². The van der Waals surface area contributed by atoms with Crippen LogP contribution in [0.5, 0.6) is 0 Å². The molecule has 0 aliphatic carbocycles. The Morgan fingerprint density at radius 3 is 1.22 bits per heavy atom. The molecule has 824 valence electrons. The molecule has 4 aromatic heterocycles. The van der Waals surface area contributed by atoms with Crippen molar-refractivity contribution in [3.05, 3.63) is 105 Å². The van der Waals surface area contributed by atoms with Crippen molar-refractivity contribution in [1.29, 1.82) is 5.41 Å². The molecule has 36 N–H and O–H groups in total. The van der Waals surface area contributed by atoms with Gasteiger partial charge in [-0.25, -0.2) is 29.5 Å². The van der Waals surface area contributed by atoms with Gasteiger partial charge in [-0.1, -0.05) is 24.3 Å². The number of H-pyrrole nitrogens is 2. The highest BCUT2D eigenvalue weighted by molar-refractivity contribution is 6.00. The molecule has 58 nitrogen and oxygen atoms in total. The molecule has 150 heavy (non-hydrogen) atoms. The predicted octanol–water partition coefficient (Wildman–Crippen LogP) is -9.58. The van der Waals surface area contributed by atoms with Crippen molar-refractivity contribution in [3.8, 4) is 0 Å². The second kappa shape index (κ2) is 62.1. The number of anilines is 3. The van der Waals surface area contributed by atoms with E-state index in [2.05, 4.69) is 87.7 Å². The van der Waals surface area contributed by atoms with Crippen molar-refractivity contribution in [2.75, 3.05) is 62.8 Å². The fraction of sp³-hybridized carbons (Fsp3) is 0.554. The predicted molar refractivity (Wildman–Crippen MR) is 513 cm³/mol. The molecular formula is C92H128N20O38. The number of hydrogen-bond acceptors (Lipinski definition) is 43. The van der Waals surface area contributed by atoms with Crippen molar-refractivity contribution in [2.24, 2.45) is 23.7 Å². The van der Waals surface area contributed by atoms with E-state index in [1.807, 2.05) is 0 Å². The van der Waals surface area contributed by atoms with Crippen molar-refractivity contribution in [3.63, 3.8) is 0 Å². The van der Waals surface area contributed by atoms with Crippen molar-refractivity contribution in [2.45, 2.75) is 252 Å². The molecule has 0 unspecified atom stereocenters. The Morgan fingerprint density at radius 1 is 0.380 bits per heavy atom. The van der Waals surface area contributed by atoms with E-state index in [0.717, 1.165) is 5.56 Å². The van der Waals surface area contributed by atoms with Crippen molar-refractivity contribution >= 4 is 140 Å². The van der Waals surface area contributed by atoms with Crippen LogP contribution in [0.4, 0.5) is 17.6 Å². The minimum atomic E-state index is -2.26. The maximum absolute atomic E-state index is 15.1. The summed E-state index contributed by atoms with van der Waals surface area (Å²) in [5.74, 6) is -28.6. The number of ketones is 4. The second-order valence-corrected chi connectivity index (χ2v) is 35.6. The number of aromatic nitrogens is 8. The van der Waals surface area contributed by atoms with Gasteiger partial charge in [0.1, 0.15) is 72.8 Å². The molecule has 0 saturated carbocycles. The number of aryl methyl sites for hydroxylation is 2. The molecule has 0 saturated heterocycles. The Morgan fingerprint density at radius 2 is 0.773 bits per heavy atom. The van der Waals surface area contributed by atoms with Gasteiger partial charge in [0.05, 0.1) is 86.5 Å². The van der Waals surface area contributed by atoms with Crippen molar-refractivity contribution in [1.82, 2.24) is 82.4 Å². The number of rotatable bonds is 72. The molecule has 0 radical (unpaired) electrons. The number of aliphatic hydroxyl groups excluding tert-OH is 15. The monoisotopic (exact) mass is 2120 g/mol. The molecule has 0 fully saturated rings. The summed E-state index contributed by atoms with van der Waals surface area (Å²) >= 11 is 0. The van der Waals surface area contributed by atoms with E-state index in [0.29, 0.717) is 24.2 Å². The minimum Gasteiger partial charge on any atom is -0.481 e. The molecule has 58 heteroatoms. The van der Waals surface area contributed by atoms with E-state index in [1.54, 1.807) is 12.1 Å². The number of fused-ring (bicyclic) bond motifs is 2. The van der Waals surface area contributed by atoms with E-state index in [1.165, 1.54) is 48.8 Å². The average molecular weight is 2120 g/mol. The third-order valence-corrected chi connectivity index (χ3v) is 24.1. The molecule has 0 spiro atoms. The molecule has 8 amide bonds. The lowest BCUT2D eigenvalue weighted by Crippen LogP contribution is -2.50. The number of nitrogens with one attached hydrogen (secondary N) is 12. The van der Waals surface area contributed by atoms with Gasteiger partial charge in [0.15, 0.2) is 45.2 Å². The van der Waals surface area contributed by atoms with Crippen LogP contribution in [0.15, 0.2) is 65.7 Å². The molecule has 0 aliphatic rings. The smallest absolute Gasteiger partial charge is 0.326 e. The first-order chi connectivity index (χ1) is 70.9. The highest BCUT2D eigenvalue weighted by atomic mass is 16.4. The molecule has 4 heterocycles. The number of nitrogen functional groups attached to an aromatic ring is 2. The van der Waals surface area contributed by atoms with E-state index in [4.69, 9.17) is 16.9 Å². The number of benzene rings is 2. The number of carbonyl (C=O) groups excluding carboxylic acids is 12. The van der Waals surface area contributed by atoms with Crippen molar-refractivity contribution < 1.29 is 184 Å². The number of nitrogens with zero attached hydrogens (tertiary/aromatic N) is 6.